The van der Waals surface area contributed by atoms with E-state index in [1.54, 1.807) is 0 Å². The molecule has 2 fully saturated rings. The van der Waals surface area contributed by atoms with Crippen LogP contribution in [0.15, 0.2) is 0 Å². The van der Waals surface area contributed by atoms with Gasteiger partial charge in [-0.1, -0.05) is 20.3 Å². The van der Waals surface area contributed by atoms with E-state index in [2.05, 4.69) is 31.0 Å². The van der Waals surface area contributed by atoms with Gasteiger partial charge in [-0.2, -0.15) is 0 Å². The monoisotopic (exact) mass is 252 g/mol. The van der Waals surface area contributed by atoms with Gasteiger partial charge in [-0.15, -0.1) is 0 Å². The first-order chi connectivity index (χ1) is 8.72. The molecular formula is C16H32N2. The molecule has 2 heteroatoms. The summed E-state index contributed by atoms with van der Waals surface area (Å²) in [6.07, 6.45) is 8.50. The second kappa shape index (κ2) is 6.91. The van der Waals surface area contributed by atoms with Gasteiger partial charge in [-0.05, 0) is 50.9 Å². The van der Waals surface area contributed by atoms with Gasteiger partial charge < -0.3 is 5.32 Å². The molecule has 106 valence electrons. The summed E-state index contributed by atoms with van der Waals surface area (Å²) in [5.74, 6) is 2.01. The second-order valence-electron chi connectivity index (χ2n) is 6.62. The first-order valence-corrected chi connectivity index (χ1v) is 8.20. The molecule has 2 nitrogen and oxygen atoms in total. The van der Waals surface area contributed by atoms with Crippen LogP contribution in [0.25, 0.3) is 0 Å². The van der Waals surface area contributed by atoms with Crippen LogP contribution < -0.4 is 5.32 Å². The molecule has 3 atom stereocenters. The van der Waals surface area contributed by atoms with E-state index in [-0.39, 0.29) is 0 Å². The summed E-state index contributed by atoms with van der Waals surface area (Å²) in [6, 6.07) is 1.44. The quantitative estimate of drug-likeness (QED) is 0.780. The third kappa shape index (κ3) is 3.71. The van der Waals surface area contributed by atoms with Gasteiger partial charge in [-0.25, -0.2) is 0 Å². The van der Waals surface area contributed by atoms with Crippen LogP contribution in [0.3, 0.4) is 0 Å². The van der Waals surface area contributed by atoms with Gasteiger partial charge >= 0.3 is 0 Å². The van der Waals surface area contributed by atoms with E-state index in [1.807, 2.05) is 0 Å². The average molecular weight is 252 g/mol. The maximum atomic E-state index is 3.74. The molecule has 18 heavy (non-hydrogen) atoms. The Labute approximate surface area is 114 Å². The third-order valence-corrected chi connectivity index (χ3v) is 5.19. The molecule has 1 saturated heterocycles. The molecule has 2 aliphatic rings. The number of hydrogen-bond acceptors (Lipinski definition) is 2. The molecule has 0 spiro atoms. The van der Waals surface area contributed by atoms with Gasteiger partial charge in [0, 0.05) is 31.7 Å². The van der Waals surface area contributed by atoms with E-state index in [0.717, 1.165) is 17.9 Å². The minimum atomic E-state index is 0.717. The summed E-state index contributed by atoms with van der Waals surface area (Å²) in [5.41, 5.74) is 0. The summed E-state index contributed by atoms with van der Waals surface area (Å²) in [4.78, 5) is 2.76. The van der Waals surface area contributed by atoms with Crippen LogP contribution in [0.4, 0.5) is 0 Å². The zero-order chi connectivity index (χ0) is 13.0. The zero-order valence-corrected chi connectivity index (χ0v) is 12.6. The van der Waals surface area contributed by atoms with Gasteiger partial charge in [0.05, 0.1) is 0 Å². The van der Waals surface area contributed by atoms with Crippen molar-refractivity contribution >= 4 is 0 Å². The Morgan fingerprint density at radius 1 is 1.11 bits per heavy atom. The number of rotatable bonds is 6. The number of likely N-dealkylation sites (tertiary alicyclic amines) is 1. The number of fused-ring (bicyclic) bond motifs is 2. The fourth-order valence-corrected chi connectivity index (χ4v) is 3.88. The maximum absolute atomic E-state index is 3.74. The number of piperidine rings is 1. The molecule has 0 radical (unpaired) electrons. The van der Waals surface area contributed by atoms with Crippen molar-refractivity contribution < 1.29 is 0 Å². The highest BCUT2D eigenvalue weighted by molar-refractivity contribution is 4.86. The van der Waals surface area contributed by atoms with Gasteiger partial charge in [0.15, 0.2) is 0 Å². The van der Waals surface area contributed by atoms with Gasteiger partial charge in [-0.3, -0.25) is 4.90 Å². The average Bonchev–Trinajstić information content (AvgIpc) is 2.39. The fourth-order valence-electron chi connectivity index (χ4n) is 3.88. The van der Waals surface area contributed by atoms with Crippen molar-refractivity contribution in [3.63, 3.8) is 0 Å². The second-order valence-corrected chi connectivity index (χ2v) is 6.62. The fraction of sp³-hybridized carbons (Fsp3) is 1.00. The molecule has 0 aromatic carbocycles. The predicted molar refractivity (Wildman–Crippen MR) is 78.9 cm³/mol. The van der Waals surface area contributed by atoms with Crippen molar-refractivity contribution in [1.29, 1.82) is 0 Å². The molecule has 3 unspecified atom stereocenters. The van der Waals surface area contributed by atoms with Crippen molar-refractivity contribution in [3.8, 4) is 0 Å². The number of hydrogen-bond donors (Lipinski definition) is 1. The highest BCUT2D eigenvalue weighted by atomic mass is 15.2. The number of nitrogens with zero attached hydrogens (tertiary/aromatic N) is 1. The highest BCUT2D eigenvalue weighted by Crippen LogP contribution is 2.34. The Morgan fingerprint density at radius 3 is 2.28 bits per heavy atom. The largest absolute Gasteiger partial charge is 0.312 e. The van der Waals surface area contributed by atoms with Crippen LogP contribution in [0.2, 0.25) is 0 Å². The highest BCUT2D eigenvalue weighted by Gasteiger charge is 2.32. The molecule has 1 heterocycles. The Hall–Kier alpha value is -0.0800. The van der Waals surface area contributed by atoms with Crippen LogP contribution in [-0.4, -0.2) is 36.6 Å². The molecule has 1 aliphatic heterocycles. The van der Waals surface area contributed by atoms with Crippen LogP contribution >= 0.6 is 0 Å². The lowest BCUT2D eigenvalue weighted by Crippen LogP contribution is -2.50. The molecule has 0 aromatic heterocycles. The van der Waals surface area contributed by atoms with Crippen molar-refractivity contribution in [2.75, 3.05) is 19.6 Å². The molecule has 1 N–H and O–H groups in total. The van der Waals surface area contributed by atoms with Crippen molar-refractivity contribution in [2.24, 2.45) is 11.8 Å². The molecule has 0 aromatic rings. The molecule has 0 amide bonds. The normalized spacial score (nSPS) is 30.7. The molecule has 1 aliphatic carbocycles. The topological polar surface area (TPSA) is 15.3 Å². The molecule has 2 rings (SSSR count). The van der Waals surface area contributed by atoms with E-state index in [1.165, 1.54) is 58.2 Å². The van der Waals surface area contributed by atoms with E-state index in [4.69, 9.17) is 0 Å². The van der Waals surface area contributed by atoms with Gasteiger partial charge in [0.2, 0.25) is 0 Å². The number of nitrogens with one attached hydrogen (secondary N) is 1. The van der Waals surface area contributed by atoms with Crippen LogP contribution in [0, 0.1) is 11.8 Å². The summed E-state index contributed by atoms with van der Waals surface area (Å²) in [6.45, 7) is 10.9. The van der Waals surface area contributed by atoms with Crippen molar-refractivity contribution in [2.45, 2.75) is 71.4 Å². The third-order valence-electron chi connectivity index (χ3n) is 5.19. The first-order valence-electron chi connectivity index (χ1n) is 8.20. The summed E-state index contributed by atoms with van der Waals surface area (Å²) >= 11 is 0. The smallest absolute Gasteiger partial charge is 0.0192 e. The van der Waals surface area contributed by atoms with Gasteiger partial charge in [0.25, 0.3) is 0 Å². The van der Waals surface area contributed by atoms with E-state index < -0.39 is 0 Å². The zero-order valence-electron chi connectivity index (χ0n) is 12.6. The Bertz CT molecular complexity index is 225. The Balaban J connectivity index is 1.76. The molecule has 1 saturated carbocycles. The lowest BCUT2D eigenvalue weighted by molar-refractivity contribution is 0.0575. The predicted octanol–water partition coefficient (Wildman–Crippen LogP) is 3.28. The van der Waals surface area contributed by atoms with Crippen LogP contribution in [0.1, 0.15) is 59.3 Å². The Kier molecular flexibility index (Phi) is 5.50. The van der Waals surface area contributed by atoms with E-state index in [0.29, 0.717) is 6.04 Å². The van der Waals surface area contributed by atoms with E-state index in [9.17, 15) is 0 Å². The summed E-state index contributed by atoms with van der Waals surface area (Å²) < 4.78 is 0. The van der Waals surface area contributed by atoms with E-state index >= 15 is 0 Å². The SMILES string of the molecule is CCC(CC)NCC(C)N1CC2CCCC(C2)C1. The Morgan fingerprint density at radius 2 is 1.72 bits per heavy atom. The summed E-state index contributed by atoms with van der Waals surface area (Å²) in [7, 11) is 0. The summed E-state index contributed by atoms with van der Waals surface area (Å²) in [5, 5.41) is 3.74. The minimum absolute atomic E-state index is 0.717. The minimum Gasteiger partial charge on any atom is -0.312 e. The lowest BCUT2D eigenvalue weighted by atomic mass is 9.77. The lowest BCUT2D eigenvalue weighted by Gasteiger charge is -2.44. The van der Waals surface area contributed by atoms with Crippen molar-refractivity contribution in [1.82, 2.24) is 10.2 Å². The first kappa shape index (κ1) is 14.3. The van der Waals surface area contributed by atoms with Crippen LogP contribution in [-0.2, 0) is 0 Å². The standard InChI is InChI=1S/C16H32N2/c1-4-16(5-2)17-10-13(3)18-11-14-7-6-8-15(9-14)12-18/h13-17H,4-12H2,1-3H3. The molecular weight excluding hydrogens is 220 g/mol. The van der Waals surface area contributed by atoms with Crippen LogP contribution in [0.5, 0.6) is 0 Å². The molecule has 2 bridgehead atoms. The maximum Gasteiger partial charge on any atom is 0.0192 e. The van der Waals surface area contributed by atoms with Gasteiger partial charge in [0.1, 0.15) is 0 Å². The van der Waals surface area contributed by atoms with Crippen molar-refractivity contribution in [3.05, 3.63) is 0 Å².